The van der Waals surface area contributed by atoms with Crippen LogP contribution >= 0.6 is 12.6 Å². The summed E-state index contributed by atoms with van der Waals surface area (Å²) >= 11 is 4.03. The van der Waals surface area contributed by atoms with E-state index in [1.165, 1.54) is 11.0 Å². The van der Waals surface area contributed by atoms with Gasteiger partial charge >= 0.3 is 12.2 Å². The molecule has 1 N–H and O–H groups in total. The van der Waals surface area contributed by atoms with Gasteiger partial charge in [-0.05, 0) is 59.9 Å². The van der Waals surface area contributed by atoms with Crippen LogP contribution in [0.25, 0.3) is 11.1 Å². The van der Waals surface area contributed by atoms with Gasteiger partial charge in [0.15, 0.2) is 0 Å². The van der Waals surface area contributed by atoms with Crippen LogP contribution in [-0.4, -0.2) is 17.6 Å². The first-order chi connectivity index (χ1) is 14.8. The lowest BCUT2D eigenvalue weighted by Crippen LogP contribution is -2.33. The summed E-state index contributed by atoms with van der Waals surface area (Å²) in [6, 6.07) is 11.7. The van der Waals surface area contributed by atoms with E-state index in [9.17, 15) is 18.0 Å². The number of nitrogens with one attached hydrogen (secondary N) is 1. The molecule has 0 saturated heterocycles. The van der Waals surface area contributed by atoms with Crippen LogP contribution in [0.2, 0.25) is 0 Å². The van der Waals surface area contributed by atoms with E-state index in [0.717, 1.165) is 16.7 Å². The normalized spacial score (nSPS) is 13.3. The van der Waals surface area contributed by atoms with E-state index in [1.54, 1.807) is 24.5 Å². The number of hydrogen-bond acceptors (Lipinski definition) is 3. The zero-order valence-electron chi connectivity index (χ0n) is 16.7. The van der Waals surface area contributed by atoms with Gasteiger partial charge in [-0.15, -0.1) is 0 Å². The molecule has 0 unspecified atom stereocenters. The molecule has 0 saturated carbocycles. The lowest BCUT2D eigenvalue weighted by molar-refractivity contribution is -0.138. The molecule has 1 aliphatic rings. The Morgan fingerprint density at radius 1 is 1.23 bits per heavy atom. The zero-order valence-corrected chi connectivity index (χ0v) is 17.6. The third kappa shape index (κ3) is 4.12. The van der Waals surface area contributed by atoms with E-state index < -0.39 is 17.8 Å². The Morgan fingerprint density at radius 2 is 2.03 bits per heavy atom. The number of hydrogen-bond donors (Lipinski definition) is 2. The number of fused-ring (bicyclic) bond motifs is 1. The molecule has 0 aliphatic carbocycles. The van der Waals surface area contributed by atoms with Crippen molar-refractivity contribution in [2.75, 3.05) is 16.8 Å². The van der Waals surface area contributed by atoms with Gasteiger partial charge in [-0.1, -0.05) is 18.2 Å². The molecule has 0 fully saturated rings. The smallest absolute Gasteiger partial charge is 0.308 e. The van der Waals surface area contributed by atoms with Gasteiger partial charge in [-0.3, -0.25) is 9.88 Å². The Hall–Kier alpha value is -3.00. The number of urea groups is 1. The van der Waals surface area contributed by atoms with Crippen LogP contribution in [0.15, 0.2) is 54.9 Å². The molecule has 4 rings (SSSR count). The average Bonchev–Trinajstić information content (AvgIpc) is 3.16. The van der Waals surface area contributed by atoms with Crippen molar-refractivity contribution in [2.45, 2.75) is 25.3 Å². The Bertz CT molecular complexity index is 1150. The topological polar surface area (TPSA) is 45.2 Å². The van der Waals surface area contributed by atoms with E-state index in [-0.39, 0.29) is 35.5 Å². The molecule has 2 amide bonds. The average molecular weight is 443 g/mol. The molecule has 0 atom stereocenters. The summed E-state index contributed by atoms with van der Waals surface area (Å²) in [6.07, 6.45) is -0.881. The maximum atomic E-state index is 13.6. The van der Waals surface area contributed by atoms with Crippen molar-refractivity contribution in [1.82, 2.24) is 4.98 Å². The number of pyridine rings is 1. The number of rotatable bonds is 3. The molecular formula is C23H20F3N3OS. The quantitative estimate of drug-likeness (QED) is 0.481. The van der Waals surface area contributed by atoms with Gasteiger partial charge < -0.3 is 5.32 Å². The molecule has 0 spiro atoms. The van der Waals surface area contributed by atoms with Gasteiger partial charge in [0, 0.05) is 41.6 Å². The summed E-state index contributed by atoms with van der Waals surface area (Å²) in [5.41, 5.74) is 3.32. The van der Waals surface area contributed by atoms with Gasteiger partial charge in [-0.2, -0.15) is 25.8 Å². The number of thiol groups is 1. The minimum absolute atomic E-state index is 0.0190. The molecule has 160 valence electrons. The number of aromatic nitrogens is 1. The number of carbonyl (C=O) groups is 1. The molecule has 2 heterocycles. The first-order valence-corrected chi connectivity index (χ1v) is 10.3. The van der Waals surface area contributed by atoms with Crippen molar-refractivity contribution in [1.29, 1.82) is 0 Å². The highest BCUT2D eigenvalue weighted by Gasteiger charge is 2.40. The largest absolute Gasteiger partial charge is 0.417 e. The fourth-order valence-corrected chi connectivity index (χ4v) is 4.22. The van der Waals surface area contributed by atoms with Crippen LogP contribution in [0.5, 0.6) is 0 Å². The fourth-order valence-electron chi connectivity index (χ4n) is 3.95. The van der Waals surface area contributed by atoms with Crippen molar-refractivity contribution in [3.8, 4) is 11.1 Å². The SMILES string of the molecule is Cc1ccncc1-c1cccc(NC(=O)N2CCc3c2ccc(CS)c3C(F)(F)F)c1. The lowest BCUT2D eigenvalue weighted by Gasteiger charge is -2.21. The van der Waals surface area contributed by atoms with Crippen LogP contribution in [0, 0.1) is 6.92 Å². The number of halogens is 3. The van der Waals surface area contributed by atoms with Crippen molar-refractivity contribution in [3.63, 3.8) is 0 Å². The summed E-state index contributed by atoms with van der Waals surface area (Å²) in [5, 5.41) is 2.81. The lowest BCUT2D eigenvalue weighted by atomic mass is 9.99. The van der Waals surface area contributed by atoms with E-state index in [1.807, 2.05) is 31.2 Å². The van der Waals surface area contributed by atoms with Crippen LogP contribution < -0.4 is 10.2 Å². The Balaban J connectivity index is 1.61. The number of amides is 2. The molecule has 0 radical (unpaired) electrons. The van der Waals surface area contributed by atoms with E-state index in [2.05, 4.69) is 22.9 Å². The first-order valence-electron chi connectivity index (χ1n) is 9.72. The summed E-state index contributed by atoms with van der Waals surface area (Å²) in [4.78, 5) is 18.4. The monoisotopic (exact) mass is 443 g/mol. The van der Waals surface area contributed by atoms with E-state index in [4.69, 9.17) is 0 Å². The molecule has 4 nitrogen and oxygen atoms in total. The van der Waals surface area contributed by atoms with Crippen molar-refractivity contribution in [2.24, 2.45) is 0 Å². The number of carbonyl (C=O) groups excluding carboxylic acids is 1. The minimum Gasteiger partial charge on any atom is -0.308 e. The highest BCUT2D eigenvalue weighted by molar-refractivity contribution is 7.79. The van der Waals surface area contributed by atoms with Crippen LogP contribution in [0.4, 0.5) is 29.3 Å². The van der Waals surface area contributed by atoms with E-state index >= 15 is 0 Å². The molecule has 1 aromatic heterocycles. The number of aryl methyl sites for hydroxylation is 1. The number of anilines is 2. The summed E-state index contributed by atoms with van der Waals surface area (Å²) in [7, 11) is 0. The zero-order chi connectivity index (χ0) is 22.2. The van der Waals surface area contributed by atoms with Gasteiger partial charge in [0.05, 0.1) is 5.56 Å². The standard InChI is InChI=1S/C23H20F3N3OS/c1-14-7-9-27-12-19(14)15-3-2-4-17(11-15)28-22(30)29-10-8-18-20(29)6-5-16(13-31)21(18)23(24,25)26/h2-7,9,11-12,31H,8,10,13H2,1H3,(H,28,30). The molecule has 1 aliphatic heterocycles. The van der Waals surface area contributed by atoms with Crippen LogP contribution in [0.1, 0.15) is 22.3 Å². The molecule has 2 aromatic carbocycles. The number of nitrogens with zero attached hydrogens (tertiary/aromatic N) is 2. The molecule has 0 bridgehead atoms. The number of benzene rings is 2. The van der Waals surface area contributed by atoms with Crippen molar-refractivity contribution in [3.05, 3.63) is 77.1 Å². The molecule has 3 aromatic rings. The first kappa shape index (κ1) is 21.2. The molecular weight excluding hydrogens is 423 g/mol. The highest BCUT2D eigenvalue weighted by atomic mass is 32.1. The predicted molar refractivity (Wildman–Crippen MR) is 119 cm³/mol. The third-order valence-corrected chi connectivity index (χ3v) is 5.75. The van der Waals surface area contributed by atoms with Gasteiger partial charge in [-0.25, -0.2) is 4.79 Å². The Morgan fingerprint density at radius 3 is 2.74 bits per heavy atom. The maximum absolute atomic E-state index is 13.6. The second kappa shape index (κ2) is 8.26. The molecule has 8 heteroatoms. The van der Waals surface area contributed by atoms with Crippen molar-refractivity contribution < 1.29 is 18.0 Å². The Kier molecular flexibility index (Phi) is 5.66. The van der Waals surface area contributed by atoms with Gasteiger partial charge in [0.2, 0.25) is 0 Å². The Labute approximate surface area is 183 Å². The maximum Gasteiger partial charge on any atom is 0.417 e. The third-order valence-electron chi connectivity index (χ3n) is 5.41. The summed E-state index contributed by atoms with van der Waals surface area (Å²) < 4.78 is 40.9. The van der Waals surface area contributed by atoms with E-state index in [0.29, 0.717) is 5.69 Å². The second-order valence-electron chi connectivity index (χ2n) is 7.36. The summed E-state index contributed by atoms with van der Waals surface area (Å²) in [5.74, 6) is -0.0190. The highest BCUT2D eigenvalue weighted by Crippen LogP contribution is 2.42. The predicted octanol–water partition coefficient (Wildman–Crippen LogP) is 6.10. The number of alkyl halides is 3. The molecule has 31 heavy (non-hydrogen) atoms. The van der Waals surface area contributed by atoms with Gasteiger partial charge in [0.25, 0.3) is 0 Å². The van der Waals surface area contributed by atoms with Crippen LogP contribution in [0.3, 0.4) is 0 Å². The summed E-state index contributed by atoms with van der Waals surface area (Å²) in [6.45, 7) is 2.16. The minimum atomic E-state index is -4.49. The van der Waals surface area contributed by atoms with Crippen molar-refractivity contribution >= 4 is 30.0 Å². The second-order valence-corrected chi connectivity index (χ2v) is 7.67. The fraction of sp³-hybridized carbons (Fsp3) is 0.217. The van der Waals surface area contributed by atoms with Crippen LogP contribution in [-0.2, 0) is 18.3 Å². The van der Waals surface area contributed by atoms with Gasteiger partial charge in [0.1, 0.15) is 0 Å².